The third-order valence-electron chi connectivity index (χ3n) is 4.93. The van der Waals surface area contributed by atoms with Crippen molar-refractivity contribution in [2.75, 3.05) is 20.8 Å². The molecule has 2 aromatic carbocycles. The Hall–Kier alpha value is -3.02. The van der Waals surface area contributed by atoms with Gasteiger partial charge in [0.15, 0.2) is 11.5 Å². The van der Waals surface area contributed by atoms with Crippen molar-refractivity contribution in [1.82, 2.24) is 4.98 Å². The van der Waals surface area contributed by atoms with Crippen LogP contribution in [0.5, 0.6) is 23.0 Å². The molecule has 0 aliphatic carbocycles. The monoisotopic (exact) mass is 472 g/mol. The van der Waals surface area contributed by atoms with E-state index in [0.29, 0.717) is 11.5 Å². The first kappa shape index (κ1) is 25.2. The Kier molecular flexibility index (Phi) is 9.57. The fourth-order valence-electron chi connectivity index (χ4n) is 3.43. The van der Waals surface area contributed by atoms with Crippen LogP contribution >= 0.6 is 24.8 Å². The van der Waals surface area contributed by atoms with Gasteiger partial charge in [-0.25, -0.2) is 0 Å². The highest BCUT2D eigenvalue weighted by Crippen LogP contribution is 2.34. The Balaban J connectivity index is 0.00000181. The number of rotatable bonds is 6. The van der Waals surface area contributed by atoms with Crippen molar-refractivity contribution in [2.24, 2.45) is 4.99 Å². The molecule has 0 bridgehead atoms. The van der Waals surface area contributed by atoms with Gasteiger partial charge in [0.1, 0.15) is 11.5 Å². The third kappa shape index (κ3) is 6.02. The van der Waals surface area contributed by atoms with Crippen molar-refractivity contribution in [2.45, 2.75) is 12.8 Å². The number of allylic oxidation sites excluding steroid dienone is 1. The number of benzene rings is 2. The van der Waals surface area contributed by atoms with Gasteiger partial charge in [0.25, 0.3) is 0 Å². The van der Waals surface area contributed by atoms with E-state index < -0.39 is 0 Å². The molecular formula is C25H26Cl2N2O3. The van der Waals surface area contributed by atoms with Crippen LogP contribution in [0, 0.1) is 0 Å². The first-order valence-corrected chi connectivity index (χ1v) is 9.92. The summed E-state index contributed by atoms with van der Waals surface area (Å²) in [5.74, 6) is 2.85. The van der Waals surface area contributed by atoms with Gasteiger partial charge in [-0.2, -0.15) is 0 Å². The van der Waals surface area contributed by atoms with Crippen LogP contribution in [0.15, 0.2) is 77.6 Å². The van der Waals surface area contributed by atoms with Crippen LogP contribution in [0.3, 0.4) is 0 Å². The summed E-state index contributed by atoms with van der Waals surface area (Å²) in [6, 6.07) is 17.4. The van der Waals surface area contributed by atoms with E-state index in [1.54, 1.807) is 20.4 Å². The number of methoxy groups -OCH3 is 2. The summed E-state index contributed by atoms with van der Waals surface area (Å²) in [7, 11) is 3.29. The molecule has 3 aromatic rings. The van der Waals surface area contributed by atoms with Crippen LogP contribution in [-0.2, 0) is 0 Å². The molecule has 0 atom stereocenters. The molecule has 1 aromatic heterocycles. The number of pyridine rings is 1. The van der Waals surface area contributed by atoms with Crippen molar-refractivity contribution in [3.05, 3.63) is 83.7 Å². The van der Waals surface area contributed by atoms with Gasteiger partial charge in [-0.3, -0.25) is 9.98 Å². The van der Waals surface area contributed by atoms with Gasteiger partial charge in [0.05, 0.1) is 19.9 Å². The zero-order chi connectivity index (χ0) is 20.8. The second-order valence-corrected chi connectivity index (χ2v) is 6.93. The minimum atomic E-state index is 0. The standard InChI is InChI=1S/C25H24N2O3.2ClH/c1-28-21-8-10-22(11-9-21)30-23-12-7-18(16-24(23)29-2)15-19-5-4-14-27-25(19)20-6-3-13-26-17-20;;/h3,6-13,15-17H,4-5,14H2,1-2H3;2*1H/b19-15+;;. The molecule has 0 radical (unpaired) electrons. The topological polar surface area (TPSA) is 52.9 Å². The molecule has 1 aliphatic rings. The van der Waals surface area contributed by atoms with E-state index in [2.05, 4.69) is 17.1 Å². The highest BCUT2D eigenvalue weighted by Gasteiger charge is 2.15. The first-order chi connectivity index (χ1) is 14.8. The lowest BCUT2D eigenvalue weighted by Gasteiger charge is -2.17. The van der Waals surface area contributed by atoms with Crippen LogP contribution in [0.2, 0.25) is 0 Å². The van der Waals surface area contributed by atoms with Crippen molar-refractivity contribution < 1.29 is 14.2 Å². The minimum absolute atomic E-state index is 0. The SMILES string of the molecule is COc1ccc(Oc2ccc(/C=C3\CCCN=C3c3cccnc3)cc2OC)cc1.Cl.Cl. The van der Waals surface area contributed by atoms with Crippen LogP contribution < -0.4 is 14.2 Å². The molecule has 2 heterocycles. The number of hydrogen-bond donors (Lipinski definition) is 0. The van der Waals surface area contributed by atoms with E-state index in [9.17, 15) is 0 Å². The van der Waals surface area contributed by atoms with Crippen LogP contribution in [-0.4, -0.2) is 31.5 Å². The van der Waals surface area contributed by atoms with Gasteiger partial charge < -0.3 is 14.2 Å². The van der Waals surface area contributed by atoms with Crippen molar-refractivity contribution in [3.63, 3.8) is 0 Å². The fraction of sp³-hybridized carbons (Fsp3) is 0.200. The number of halogens is 2. The van der Waals surface area contributed by atoms with E-state index in [-0.39, 0.29) is 24.8 Å². The first-order valence-electron chi connectivity index (χ1n) is 9.92. The molecule has 0 saturated heterocycles. The van der Waals surface area contributed by atoms with Crippen molar-refractivity contribution in [1.29, 1.82) is 0 Å². The molecule has 5 nitrogen and oxygen atoms in total. The van der Waals surface area contributed by atoms with Gasteiger partial charge in [-0.1, -0.05) is 6.07 Å². The quantitative estimate of drug-likeness (QED) is 0.416. The zero-order valence-electron chi connectivity index (χ0n) is 18.0. The highest BCUT2D eigenvalue weighted by atomic mass is 35.5. The molecule has 32 heavy (non-hydrogen) atoms. The predicted molar refractivity (Wildman–Crippen MR) is 133 cm³/mol. The van der Waals surface area contributed by atoms with Crippen LogP contribution in [0.1, 0.15) is 24.0 Å². The van der Waals surface area contributed by atoms with E-state index in [0.717, 1.165) is 47.7 Å². The molecule has 1 aliphatic heterocycles. The fourth-order valence-corrected chi connectivity index (χ4v) is 3.43. The summed E-state index contributed by atoms with van der Waals surface area (Å²) in [5, 5.41) is 0. The average Bonchev–Trinajstić information content (AvgIpc) is 2.81. The van der Waals surface area contributed by atoms with Crippen molar-refractivity contribution in [3.8, 4) is 23.0 Å². The molecule has 0 saturated carbocycles. The summed E-state index contributed by atoms with van der Waals surface area (Å²) in [6.45, 7) is 0.847. The van der Waals surface area contributed by atoms with E-state index >= 15 is 0 Å². The van der Waals surface area contributed by atoms with Gasteiger partial charge in [-0.05, 0) is 78.6 Å². The largest absolute Gasteiger partial charge is 0.497 e. The smallest absolute Gasteiger partial charge is 0.169 e. The van der Waals surface area contributed by atoms with Gasteiger partial charge in [-0.15, -0.1) is 24.8 Å². The predicted octanol–water partition coefficient (Wildman–Crippen LogP) is 6.40. The summed E-state index contributed by atoms with van der Waals surface area (Å²) in [6.07, 6.45) is 7.85. The molecule has 0 fully saturated rings. The molecule has 4 rings (SSSR count). The lowest BCUT2D eigenvalue weighted by atomic mass is 9.95. The summed E-state index contributed by atoms with van der Waals surface area (Å²) in [4.78, 5) is 8.99. The third-order valence-corrected chi connectivity index (χ3v) is 4.93. The zero-order valence-corrected chi connectivity index (χ0v) is 19.6. The second kappa shape index (κ2) is 12.1. The summed E-state index contributed by atoms with van der Waals surface area (Å²) < 4.78 is 16.8. The Morgan fingerprint density at radius 2 is 1.66 bits per heavy atom. The van der Waals surface area contributed by atoms with Crippen molar-refractivity contribution >= 4 is 36.6 Å². The number of nitrogens with zero attached hydrogens (tertiary/aromatic N) is 2. The van der Waals surface area contributed by atoms with Gasteiger partial charge in [0.2, 0.25) is 0 Å². The molecule has 0 unspecified atom stereocenters. The van der Waals surface area contributed by atoms with Gasteiger partial charge in [0, 0.05) is 24.5 Å². The normalized spacial score (nSPS) is 13.9. The Morgan fingerprint density at radius 3 is 2.34 bits per heavy atom. The minimum Gasteiger partial charge on any atom is -0.497 e. The van der Waals surface area contributed by atoms with E-state index in [4.69, 9.17) is 19.2 Å². The number of aromatic nitrogens is 1. The molecule has 0 amide bonds. The number of hydrogen-bond acceptors (Lipinski definition) is 5. The lowest BCUT2D eigenvalue weighted by molar-refractivity contribution is 0.378. The average molecular weight is 473 g/mol. The van der Waals surface area contributed by atoms with E-state index in [1.165, 1.54) is 5.57 Å². The highest BCUT2D eigenvalue weighted by molar-refractivity contribution is 6.15. The number of ether oxygens (including phenoxy) is 3. The van der Waals surface area contributed by atoms with Crippen LogP contribution in [0.4, 0.5) is 0 Å². The maximum Gasteiger partial charge on any atom is 0.169 e. The Morgan fingerprint density at radius 1 is 0.875 bits per heavy atom. The molecule has 7 heteroatoms. The van der Waals surface area contributed by atoms with Gasteiger partial charge >= 0.3 is 0 Å². The lowest BCUT2D eigenvalue weighted by Crippen LogP contribution is -2.11. The maximum atomic E-state index is 6.00. The van der Waals surface area contributed by atoms with Crippen LogP contribution in [0.25, 0.3) is 6.08 Å². The summed E-state index contributed by atoms with van der Waals surface area (Å²) >= 11 is 0. The van der Waals surface area contributed by atoms with E-state index in [1.807, 2.05) is 54.7 Å². The molecule has 0 spiro atoms. The molecule has 168 valence electrons. The Bertz CT molecular complexity index is 1070. The summed E-state index contributed by atoms with van der Waals surface area (Å²) in [5.41, 5.74) is 4.32. The molecular weight excluding hydrogens is 447 g/mol. The number of aliphatic imine (C=N–C) groups is 1. The second-order valence-electron chi connectivity index (χ2n) is 6.93. The molecule has 0 N–H and O–H groups in total. The maximum absolute atomic E-state index is 6.00. The Labute approximate surface area is 201 Å².